The number of ether oxygens (including phenoxy) is 2. The summed E-state index contributed by atoms with van der Waals surface area (Å²) in [5, 5.41) is -0.260. The van der Waals surface area contributed by atoms with E-state index >= 15 is 0 Å². The molecule has 2 heterocycles. The molecule has 2 aliphatic carbocycles. The zero-order valence-corrected chi connectivity index (χ0v) is 26.4. The molecule has 4 nitrogen and oxygen atoms in total. The summed E-state index contributed by atoms with van der Waals surface area (Å²) in [7, 11) is 0. The molecule has 0 unspecified atom stereocenters. The number of benzene rings is 2. The van der Waals surface area contributed by atoms with Crippen LogP contribution in [0.15, 0.2) is 48.5 Å². The summed E-state index contributed by atoms with van der Waals surface area (Å²) in [6, 6.07) is 7.32. The van der Waals surface area contributed by atoms with Gasteiger partial charge in [-0.3, -0.25) is 0 Å². The predicted molar refractivity (Wildman–Crippen MR) is 155 cm³/mol. The van der Waals surface area contributed by atoms with E-state index in [4.69, 9.17) is 9.47 Å². The van der Waals surface area contributed by atoms with Crippen molar-refractivity contribution in [3.63, 3.8) is 0 Å². The first kappa shape index (κ1) is 40.3. The molecule has 2 aliphatic rings. The van der Waals surface area contributed by atoms with Gasteiger partial charge in [0.1, 0.15) is 22.9 Å². The Kier molecular flexibility index (Phi) is 12.4. The van der Waals surface area contributed by atoms with Gasteiger partial charge in [-0.15, -0.1) is 0 Å². The summed E-state index contributed by atoms with van der Waals surface area (Å²) >= 11 is 0. The maximum atomic E-state index is 13.1. The molecule has 4 aromatic rings. The number of hydrogen-bond donors (Lipinski definition) is 0. The molecule has 2 fully saturated rings. The van der Waals surface area contributed by atoms with E-state index in [2.05, 4.69) is 9.97 Å². The smallest absolute Gasteiger partial charge is 0.492 e. The maximum Gasteiger partial charge on any atom is 2.00 e. The van der Waals surface area contributed by atoms with Crippen molar-refractivity contribution in [3.05, 3.63) is 134 Å². The Labute approximate surface area is 294 Å². The Hall–Kier alpha value is -3.46. The molecule has 51 heavy (non-hydrogen) atoms. The summed E-state index contributed by atoms with van der Waals surface area (Å²) in [5.41, 5.74) is -6.93. The van der Waals surface area contributed by atoms with Crippen molar-refractivity contribution in [2.45, 2.75) is 24.7 Å². The Morgan fingerprint density at radius 3 is 1.10 bits per heavy atom. The minimum atomic E-state index is -4.90. The molecule has 10 radical (unpaired) electrons. The molecule has 2 saturated carbocycles. The Bertz CT molecular complexity index is 1660. The third kappa shape index (κ3) is 9.91. The Balaban J connectivity index is 0.000000224. The molecule has 0 N–H and O–H groups in total. The zero-order valence-electron chi connectivity index (χ0n) is 25.3. The molecule has 268 valence electrons. The molecule has 2 aromatic heterocycles. The number of rotatable bonds is 6. The summed E-state index contributed by atoms with van der Waals surface area (Å²) in [6.45, 7) is -0.140. The van der Waals surface area contributed by atoms with E-state index in [0.29, 0.717) is 36.1 Å². The third-order valence-corrected chi connectivity index (χ3v) is 7.05. The summed E-state index contributed by atoms with van der Waals surface area (Å²) in [5.74, 6) is 0.769. The first-order valence-electron chi connectivity index (χ1n) is 14.2. The largest absolute Gasteiger partial charge is 2.00 e. The fraction of sp³-hybridized carbons (Fsp3) is 0.176. The van der Waals surface area contributed by atoms with Crippen molar-refractivity contribution < 1.29 is 79.2 Å². The number of para-hydroxylation sites is 2. The van der Waals surface area contributed by atoms with Gasteiger partial charge in [0.2, 0.25) is 0 Å². The first-order valence-corrected chi connectivity index (χ1v) is 14.2. The molecular weight excluding hydrogens is 752 g/mol. The molecular formula is C34H20F12FeN2O2+2. The van der Waals surface area contributed by atoms with Crippen molar-refractivity contribution in [2.24, 2.45) is 0 Å². The number of alkyl halides is 12. The maximum absolute atomic E-state index is 13.1. The SMILES string of the molecule is FC(F)(F)c1cc(OC[C]2[CH][CH][CH][CH]2)c2cccc(C(F)(F)F)c2n1.FC(F)(F)c1cc(OC[C]2[CH][CH][CH][CH]2)c2cccc(C(F)(F)F)c2n1.[Fe+2]. The van der Waals surface area contributed by atoms with Gasteiger partial charge >= 0.3 is 41.8 Å². The third-order valence-electron chi connectivity index (χ3n) is 7.05. The molecule has 2 aromatic carbocycles. The monoisotopic (exact) mass is 772 g/mol. The molecule has 17 heteroatoms. The zero-order chi connectivity index (χ0) is 36.5. The number of pyridine rings is 2. The van der Waals surface area contributed by atoms with E-state index in [9.17, 15) is 52.7 Å². The first-order chi connectivity index (χ1) is 23.3. The summed E-state index contributed by atoms with van der Waals surface area (Å²) < 4.78 is 168. The van der Waals surface area contributed by atoms with Gasteiger partial charge in [-0.1, -0.05) is 12.1 Å². The van der Waals surface area contributed by atoms with E-state index in [1.54, 1.807) is 51.4 Å². The van der Waals surface area contributed by atoms with Crippen molar-refractivity contribution in [2.75, 3.05) is 13.2 Å². The topological polar surface area (TPSA) is 44.2 Å². The predicted octanol–water partition coefficient (Wildman–Crippen LogP) is 10.1. The minimum absolute atomic E-state index is 0. The van der Waals surface area contributed by atoms with Crippen LogP contribution in [-0.4, -0.2) is 23.2 Å². The van der Waals surface area contributed by atoms with Crippen LogP contribution in [-0.2, 0) is 41.8 Å². The van der Waals surface area contributed by atoms with Crippen LogP contribution < -0.4 is 9.47 Å². The molecule has 0 spiro atoms. The van der Waals surface area contributed by atoms with E-state index in [0.717, 1.165) is 12.1 Å². The average Bonchev–Trinajstić information content (AvgIpc) is 3.75. The second-order valence-corrected chi connectivity index (χ2v) is 10.6. The van der Waals surface area contributed by atoms with Gasteiger partial charge in [0.15, 0.2) is 0 Å². The van der Waals surface area contributed by atoms with E-state index in [1.807, 2.05) is 0 Å². The van der Waals surface area contributed by atoms with Gasteiger partial charge < -0.3 is 9.47 Å². The summed E-state index contributed by atoms with van der Waals surface area (Å²) in [6.07, 6.45) is -5.85. The molecule has 6 rings (SSSR count). The van der Waals surface area contributed by atoms with Crippen molar-refractivity contribution in [1.29, 1.82) is 0 Å². The summed E-state index contributed by atoms with van der Waals surface area (Å²) in [4.78, 5) is 6.39. The number of nitrogens with zero attached hydrogens (tertiary/aromatic N) is 2. The van der Waals surface area contributed by atoms with Crippen LogP contribution in [0.5, 0.6) is 11.5 Å². The van der Waals surface area contributed by atoms with Gasteiger partial charge in [-0.05, 0) is 75.6 Å². The molecule has 0 amide bonds. The number of hydrogen-bond acceptors (Lipinski definition) is 4. The van der Waals surface area contributed by atoms with Crippen LogP contribution in [0.3, 0.4) is 0 Å². The van der Waals surface area contributed by atoms with E-state index in [-0.39, 0.29) is 52.6 Å². The van der Waals surface area contributed by atoms with Crippen LogP contribution in [0.25, 0.3) is 21.8 Å². The van der Waals surface area contributed by atoms with Gasteiger partial charge in [0.25, 0.3) is 0 Å². The Morgan fingerprint density at radius 1 is 0.471 bits per heavy atom. The molecule has 0 saturated heterocycles. The van der Waals surface area contributed by atoms with Crippen LogP contribution in [0.2, 0.25) is 0 Å². The van der Waals surface area contributed by atoms with E-state index < -0.39 is 58.3 Å². The molecule has 0 atom stereocenters. The molecule has 0 bridgehead atoms. The van der Waals surface area contributed by atoms with Crippen molar-refractivity contribution in [1.82, 2.24) is 9.97 Å². The van der Waals surface area contributed by atoms with Crippen molar-refractivity contribution >= 4 is 21.8 Å². The van der Waals surface area contributed by atoms with Gasteiger partial charge in [-0.2, -0.15) is 52.7 Å². The van der Waals surface area contributed by atoms with Gasteiger partial charge in [0.05, 0.1) is 35.4 Å². The second kappa shape index (κ2) is 15.6. The van der Waals surface area contributed by atoms with Crippen LogP contribution in [0.4, 0.5) is 52.7 Å². The average molecular weight is 772 g/mol. The standard InChI is InChI=1S/2C17H10F6NO.Fe/c2*18-16(19,20)12-7-3-6-11-13(25-9-10-4-1-2-5-10)8-14(17(21,22)23)24-15(11)12;/h2*1-8H,9H2;/q;;+2. The fourth-order valence-electron chi connectivity index (χ4n) is 4.76. The minimum Gasteiger partial charge on any atom is -0.492 e. The Morgan fingerprint density at radius 2 is 0.804 bits per heavy atom. The number of aromatic nitrogens is 2. The van der Waals surface area contributed by atoms with Gasteiger partial charge in [-0.25, -0.2) is 9.97 Å². The fourth-order valence-corrected chi connectivity index (χ4v) is 4.76. The number of halogens is 12. The number of fused-ring (bicyclic) bond motifs is 2. The second-order valence-electron chi connectivity index (χ2n) is 10.6. The van der Waals surface area contributed by atoms with Crippen LogP contribution in [0.1, 0.15) is 22.5 Å². The molecule has 0 aliphatic heterocycles. The van der Waals surface area contributed by atoms with Crippen molar-refractivity contribution in [3.8, 4) is 11.5 Å². The quantitative estimate of drug-likeness (QED) is 0.145. The normalized spacial score (nSPS) is 16.2. The van der Waals surface area contributed by atoms with E-state index in [1.165, 1.54) is 12.1 Å². The van der Waals surface area contributed by atoms with Gasteiger partial charge in [0, 0.05) is 34.7 Å². The van der Waals surface area contributed by atoms with Crippen LogP contribution >= 0.6 is 0 Å². The van der Waals surface area contributed by atoms with Crippen LogP contribution in [0, 0.1) is 63.2 Å².